The molecule has 2 aliphatic heterocycles. The van der Waals surface area contributed by atoms with Crippen molar-refractivity contribution in [3.63, 3.8) is 0 Å². The van der Waals surface area contributed by atoms with Crippen LogP contribution < -0.4 is 0 Å². The Morgan fingerprint density at radius 3 is 3.09 bits per heavy atom. The van der Waals surface area contributed by atoms with Gasteiger partial charge in [0.1, 0.15) is 5.01 Å². The molecule has 122 valence electrons. The van der Waals surface area contributed by atoms with Gasteiger partial charge in [0, 0.05) is 56.2 Å². The molecular weight excluding hydrogens is 308 g/mol. The predicted molar refractivity (Wildman–Crippen MR) is 90.2 cm³/mol. The third-order valence-electron chi connectivity index (χ3n) is 4.71. The Labute approximate surface area is 140 Å². The number of pyridine rings is 1. The molecule has 2 atom stereocenters. The van der Waals surface area contributed by atoms with Crippen LogP contribution in [-0.2, 0) is 17.9 Å². The van der Waals surface area contributed by atoms with Gasteiger partial charge in [0.05, 0.1) is 19.3 Å². The van der Waals surface area contributed by atoms with Gasteiger partial charge in [-0.25, -0.2) is 4.98 Å². The molecule has 0 radical (unpaired) electrons. The zero-order valence-corrected chi connectivity index (χ0v) is 14.0. The first-order chi connectivity index (χ1) is 11.4. The van der Waals surface area contributed by atoms with Crippen molar-refractivity contribution in [2.45, 2.75) is 31.7 Å². The Morgan fingerprint density at radius 1 is 1.26 bits per heavy atom. The number of rotatable bonds is 5. The first-order valence-corrected chi connectivity index (χ1v) is 9.10. The summed E-state index contributed by atoms with van der Waals surface area (Å²) in [6, 6.07) is 4.67. The quantitative estimate of drug-likeness (QED) is 0.839. The fraction of sp³-hybridized carbons (Fsp3) is 0.529. The van der Waals surface area contributed by atoms with Gasteiger partial charge in [0.15, 0.2) is 0 Å². The van der Waals surface area contributed by atoms with Gasteiger partial charge in [-0.1, -0.05) is 6.07 Å². The average molecular weight is 330 g/mol. The van der Waals surface area contributed by atoms with Gasteiger partial charge >= 0.3 is 0 Å². The van der Waals surface area contributed by atoms with Crippen LogP contribution in [0, 0.1) is 0 Å². The lowest BCUT2D eigenvalue weighted by molar-refractivity contribution is 0.0457. The van der Waals surface area contributed by atoms with E-state index in [1.54, 1.807) is 17.5 Å². The Balaban J connectivity index is 1.27. The van der Waals surface area contributed by atoms with Gasteiger partial charge < -0.3 is 4.74 Å². The summed E-state index contributed by atoms with van der Waals surface area (Å²) in [6.07, 6.45) is 7.07. The summed E-state index contributed by atoms with van der Waals surface area (Å²) in [6.45, 7) is 6.13. The van der Waals surface area contributed by atoms with Crippen LogP contribution in [0.2, 0.25) is 0 Å². The van der Waals surface area contributed by atoms with Crippen molar-refractivity contribution in [2.75, 3.05) is 26.2 Å². The van der Waals surface area contributed by atoms with E-state index >= 15 is 0 Å². The van der Waals surface area contributed by atoms with E-state index in [0.29, 0.717) is 18.8 Å². The molecule has 2 aromatic rings. The molecule has 2 unspecified atom stereocenters. The van der Waals surface area contributed by atoms with Gasteiger partial charge in [-0.15, -0.1) is 11.3 Å². The van der Waals surface area contributed by atoms with E-state index in [1.165, 1.54) is 5.01 Å². The zero-order chi connectivity index (χ0) is 15.5. The Hall–Kier alpha value is -1.34. The number of hydrogen-bond donors (Lipinski definition) is 0. The first-order valence-electron chi connectivity index (χ1n) is 8.22. The molecule has 2 saturated heterocycles. The van der Waals surface area contributed by atoms with Crippen molar-refractivity contribution in [3.8, 4) is 0 Å². The summed E-state index contributed by atoms with van der Waals surface area (Å²) >= 11 is 1.75. The van der Waals surface area contributed by atoms with E-state index in [-0.39, 0.29) is 0 Å². The normalized spacial score (nSPS) is 25.6. The highest BCUT2D eigenvalue weighted by Gasteiger charge is 2.36. The third kappa shape index (κ3) is 3.77. The Bertz CT molecular complexity index is 606. The second-order valence-electron chi connectivity index (χ2n) is 6.34. The molecule has 2 aromatic heterocycles. The van der Waals surface area contributed by atoms with Gasteiger partial charge in [-0.3, -0.25) is 14.8 Å². The molecule has 0 bridgehead atoms. The van der Waals surface area contributed by atoms with Crippen molar-refractivity contribution < 1.29 is 4.74 Å². The molecule has 0 spiro atoms. The monoisotopic (exact) mass is 330 g/mol. The van der Waals surface area contributed by atoms with Crippen LogP contribution >= 0.6 is 11.3 Å². The summed E-state index contributed by atoms with van der Waals surface area (Å²) in [5.41, 5.74) is 1.16. The van der Waals surface area contributed by atoms with E-state index in [2.05, 4.69) is 31.2 Å². The molecule has 0 aromatic carbocycles. The molecule has 0 saturated carbocycles. The largest absolute Gasteiger partial charge is 0.372 e. The van der Waals surface area contributed by atoms with E-state index in [1.807, 2.05) is 18.5 Å². The van der Waals surface area contributed by atoms with E-state index in [4.69, 9.17) is 4.74 Å². The summed E-state index contributed by atoms with van der Waals surface area (Å²) in [5, 5.41) is 3.28. The molecular formula is C17H22N4OS. The highest BCUT2D eigenvalue weighted by molar-refractivity contribution is 7.09. The summed E-state index contributed by atoms with van der Waals surface area (Å²) in [7, 11) is 0. The topological polar surface area (TPSA) is 41.5 Å². The molecule has 6 heteroatoms. The second kappa shape index (κ2) is 7.05. The molecule has 4 heterocycles. The van der Waals surface area contributed by atoms with Crippen LogP contribution in [0.25, 0.3) is 0 Å². The van der Waals surface area contributed by atoms with Crippen LogP contribution in [-0.4, -0.2) is 58.1 Å². The molecule has 4 rings (SSSR count). The van der Waals surface area contributed by atoms with Crippen molar-refractivity contribution in [1.82, 2.24) is 19.8 Å². The van der Waals surface area contributed by atoms with Crippen LogP contribution in [0.15, 0.2) is 36.1 Å². The van der Waals surface area contributed by atoms with E-state index < -0.39 is 0 Å². The number of fused-ring (bicyclic) bond motifs is 1. The van der Waals surface area contributed by atoms with Crippen molar-refractivity contribution in [1.29, 1.82) is 0 Å². The fourth-order valence-electron chi connectivity index (χ4n) is 3.55. The maximum Gasteiger partial charge on any atom is 0.107 e. The van der Waals surface area contributed by atoms with E-state index in [0.717, 1.165) is 44.7 Å². The standard InChI is InChI=1S/C17H22N4OS/c1-2-14(9-18-3-1)13-22-16-8-15-10-20(5-6-21(15)11-16)12-17-19-4-7-23-17/h1-4,7,9,15-16H,5-6,8,10-13H2. The molecule has 5 nitrogen and oxygen atoms in total. The number of aromatic nitrogens is 2. The predicted octanol–water partition coefficient (Wildman–Crippen LogP) is 2.01. The molecule has 2 fully saturated rings. The number of thiazole rings is 1. The minimum absolute atomic E-state index is 0.347. The lowest BCUT2D eigenvalue weighted by Crippen LogP contribution is -2.49. The molecule has 0 aliphatic carbocycles. The third-order valence-corrected chi connectivity index (χ3v) is 5.48. The summed E-state index contributed by atoms with van der Waals surface area (Å²) < 4.78 is 6.11. The van der Waals surface area contributed by atoms with Crippen molar-refractivity contribution in [2.24, 2.45) is 0 Å². The summed E-state index contributed by atoms with van der Waals surface area (Å²) in [4.78, 5) is 13.7. The highest BCUT2D eigenvalue weighted by atomic mass is 32.1. The van der Waals surface area contributed by atoms with Crippen LogP contribution in [0.1, 0.15) is 17.0 Å². The first kappa shape index (κ1) is 15.2. The van der Waals surface area contributed by atoms with Crippen LogP contribution in [0.5, 0.6) is 0 Å². The second-order valence-corrected chi connectivity index (χ2v) is 7.32. The fourth-order valence-corrected chi connectivity index (χ4v) is 4.20. The number of piperazine rings is 1. The number of ether oxygens (including phenoxy) is 1. The Morgan fingerprint density at radius 2 is 2.26 bits per heavy atom. The number of hydrogen-bond acceptors (Lipinski definition) is 6. The van der Waals surface area contributed by atoms with Gasteiger partial charge in [-0.05, 0) is 18.1 Å². The molecule has 0 N–H and O–H groups in total. The van der Waals surface area contributed by atoms with Gasteiger partial charge in [0.25, 0.3) is 0 Å². The smallest absolute Gasteiger partial charge is 0.107 e. The van der Waals surface area contributed by atoms with Gasteiger partial charge in [-0.2, -0.15) is 0 Å². The maximum atomic E-state index is 6.11. The molecule has 0 amide bonds. The maximum absolute atomic E-state index is 6.11. The lowest BCUT2D eigenvalue weighted by Gasteiger charge is -2.36. The molecule has 2 aliphatic rings. The van der Waals surface area contributed by atoms with E-state index in [9.17, 15) is 0 Å². The van der Waals surface area contributed by atoms with Gasteiger partial charge in [0.2, 0.25) is 0 Å². The Kier molecular flexibility index (Phi) is 4.66. The van der Waals surface area contributed by atoms with Crippen LogP contribution in [0.3, 0.4) is 0 Å². The van der Waals surface area contributed by atoms with Crippen LogP contribution in [0.4, 0.5) is 0 Å². The molecule has 23 heavy (non-hydrogen) atoms. The highest BCUT2D eigenvalue weighted by Crippen LogP contribution is 2.25. The van der Waals surface area contributed by atoms with Crippen molar-refractivity contribution >= 4 is 11.3 Å². The minimum atomic E-state index is 0.347. The number of nitrogens with zero attached hydrogens (tertiary/aromatic N) is 4. The average Bonchev–Trinajstić information content (AvgIpc) is 3.23. The summed E-state index contributed by atoms with van der Waals surface area (Å²) in [5.74, 6) is 0. The SMILES string of the molecule is c1cncc(COC2CC3CN(Cc4nccs4)CCN3C2)c1. The lowest BCUT2D eigenvalue weighted by atomic mass is 10.1. The minimum Gasteiger partial charge on any atom is -0.372 e. The van der Waals surface area contributed by atoms with Crippen molar-refractivity contribution in [3.05, 3.63) is 46.7 Å². The zero-order valence-electron chi connectivity index (χ0n) is 13.2.